The van der Waals surface area contributed by atoms with Crippen LogP contribution in [-0.2, 0) is 4.79 Å². The molecule has 2 aromatic carbocycles. The summed E-state index contributed by atoms with van der Waals surface area (Å²) >= 11 is 0. The quantitative estimate of drug-likeness (QED) is 0.579. The van der Waals surface area contributed by atoms with E-state index in [0.717, 1.165) is 23.2 Å². The highest BCUT2D eigenvalue weighted by atomic mass is 16.5. The second kappa shape index (κ2) is 8.57. The van der Waals surface area contributed by atoms with Crippen molar-refractivity contribution in [2.75, 3.05) is 25.2 Å². The van der Waals surface area contributed by atoms with Crippen LogP contribution in [0, 0.1) is 6.92 Å². The van der Waals surface area contributed by atoms with Gasteiger partial charge in [-0.1, -0.05) is 24.2 Å². The largest absolute Gasteiger partial charge is 0.493 e. The Morgan fingerprint density at radius 3 is 2.83 bits per heavy atom. The van der Waals surface area contributed by atoms with Gasteiger partial charge in [-0.05, 0) is 49.2 Å². The van der Waals surface area contributed by atoms with E-state index in [2.05, 4.69) is 17.1 Å². The first kappa shape index (κ1) is 19.9. The fourth-order valence-corrected chi connectivity index (χ4v) is 3.57. The van der Waals surface area contributed by atoms with Gasteiger partial charge in [0.1, 0.15) is 0 Å². The Balaban J connectivity index is 1.52. The number of carbonyl (C=O) groups excluding carboxylic acids is 1. The number of rotatable bonds is 7. The smallest absolute Gasteiger partial charge is 0.232 e. The van der Waals surface area contributed by atoms with E-state index in [4.69, 9.17) is 14.0 Å². The van der Waals surface area contributed by atoms with Crippen molar-refractivity contribution >= 4 is 11.6 Å². The maximum absolute atomic E-state index is 12.6. The molecule has 1 saturated heterocycles. The monoisotopic (exact) mass is 407 g/mol. The fourth-order valence-electron chi connectivity index (χ4n) is 3.57. The molecule has 0 radical (unpaired) electrons. The number of hydrogen-bond acceptors (Lipinski definition) is 6. The number of methoxy groups -OCH3 is 1. The van der Waals surface area contributed by atoms with Gasteiger partial charge >= 0.3 is 0 Å². The van der Waals surface area contributed by atoms with Crippen LogP contribution < -0.4 is 14.4 Å². The van der Waals surface area contributed by atoms with Crippen molar-refractivity contribution in [1.29, 1.82) is 0 Å². The maximum atomic E-state index is 12.6. The van der Waals surface area contributed by atoms with Gasteiger partial charge in [0.15, 0.2) is 11.5 Å². The van der Waals surface area contributed by atoms with Gasteiger partial charge in [0.2, 0.25) is 17.6 Å². The van der Waals surface area contributed by atoms with Crippen LogP contribution >= 0.6 is 0 Å². The lowest BCUT2D eigenvalue weighted by Crippen LogP contribution is -2.24. The van der Waals surface area contributed by atoms with Crippen LogP contribution in [0.4, 0.5) is 5.69 Å². The van der Waals surface area contributed by atoms with Crippen LogP contribution in [0.1, 0.15) is 37.1 Å². The van der Waals surface area contributed by atoms with Crippen molar-refractivity contribution in [1.82, 2.24) is 10.1 Å². The van der Waals surface area contributed by atoms with E-state index in [1.54, 1.807) is 12.0 Å². The van der Waals surface area contributed by atoms with Gasteiger partial charge in [-0.25, -0.2) is 0 Å². The molecule has 1 unspecified atom stereocenters. The summed E-state index contributed by atoms with van der Waals surface area (Å²) in [6, 6.07) is 13.5. The van der Waals surface area contributed by atoms with Gasteiger partial charge in [0.05, 0.1) is 19.6 Å². The number of aromatic nitrogens is 2. The zero-order chi connectivity index (χ0) is 21.1. The molecule has 2 heterocycles. The molecule has 7 heteroatoms. The predicted octanol–water partition coefficient (Wildman–Crippen LogP) is 4.36. The summed E-state index contributed by atoms with van der Waals surface area (Å²) in [7, 11) is 1.60. The van der Waals surface area contributed by atoms with Crippen LogP contribution in [0.3, 0.4) is 0 Å². The molecular formula is C23H25N3O4. The molecular weight excluding hydrogens is 382 g/mol. The first-order valence-electron chi connectivity index (χ1n) is 10.1. The van der Waals surface area contributed by atoms with Crippen LogP contribution in [0.2, 0.25) is 0 Å². The van der Waals surface area contributed by atoms with Crippen molar-refractivity contribution in [2.45, 2.75) is 32.6 Å². The molecule has 0 aliphatic carbocycles. The third-order valence-corrected chi connectivity index (χ3v) is 5.11. The molecule has 1 atom stereocenters. The Bertz CT molecular complexity index is 1050. The first-order valence-corrected chi connectivity index (χ1v) is 10.1. The molecule has 3 aromatic rings. The number of aryl methyl sites for hydroxylation is 1. The minimum absolute atomic E-state index is 0.0597. The van der Waals surface area contributed by atoms with E-state index in [0.29, 0.717) is 42.8 Å². The van der Waals surface area contributed by atoms with Gasteiger partial charge in [-0.3, -0.25) is 4.79 Å². The Morgan fingerprint density at radius 1 is 1.20 bits per heavy atom. The number of anilines is 1. The highest BCUT2D eigenvalue weighted by molar-refractivity contribution is 5.96. The van der Waals surface area contributed by atoms with Gasteiger partial charge in [0.25, 0.3) is 0 Å². The van der Waals surface area contributed by atoms with Crippen molar-refractivity contribution in [3.63, 3.8) is 0 Å². The van der Waals surface area contributed by atoms with Gasteiger partial charge < -0.3 is 18.9 Å². The lowest BCUT2D eigenvalue weighted by molar-refractivity contribution is -0.117. The molecule has 1 aromatic heterocycles. The molecule has 0 saturated carbocycles. The van der Waals surface area contributed by atoms with E-state index in [9.17, 15) is 4.79 Å². The molecule has 1 amide bonds. The lowest BCUT2D eigenvalue weighted by atomic mass is 10.1. The normalized spacial score (nSPS) is 16.2. The predicted molar refractivity (Wildman–Crippen MR) is 113 cm³/mol. The maximum Gasteiger partial charge on any atom is 0.232 e. The molecule has 0 bridgehead atoms. The SMILES string of the molecule is CCCOc1ccc(-c2noc(C3CC(=O)N(c4cccc(C)c4)C3)n2)cc1OC. The summed E-state index contributed by atoms with van der Waals surface area (Å²) in [5.41, 5.74) is 2.78. The third-order valence-electron chi connectivity index (χ3n) is 5.11. The second-order valence-electron chi connectivity index (χ2n) is 7.41. The minimum Gasteiger partial charge on any atom is -0.493 e. The van der Waals surface area contributed by atoms with Crippen molar-refractivity contribution in [2.24, 2.45) is 0 Å². The Kier molecular flexibility index (Phi) is 5.70. The Labute approximate surface area is 175 Å². The van der Waals surface area contributed by atoms with Crippen molar-refractivity contribution in [3.8, 4) is 22.9 Å². The van der Waals surface area contributed by atoms with E-state index >= 15 is 0 Å². The molecule has 1 aliphatic rings. The van der Waals surface area contributed by atoms with E-state index in [1.165, 1.54) is 0 Å². The fraction of sp³-hybridized carbons (Fsp3) is 0.348. The topological polar surface area (TPSA) is 77.7 Å². The molecule has 7 nitrogen and oxygen atoms in total. The zero-order valence-electron chi connectivity index (χ0n) is 17.4. The number of hydrogen-bond donors (Lipinski definition) is 0. The van der Waals surface area contributed by atoms with Gasteiger partial charge in [0, 0.05) is 24.2 Å². The van der Waals surface area contributed by atoms with Crippen molar-refractivity contribution in [3.05, 3.63) is 53.9 Å². The minimum atomic E-state index is -0.131. The van der Waals surface area contributed by atoms with Crippen molar-refractivity contribution < 1.29 is 18.8 Å². The summed E-state index contributed by atoms with van der Waals surface area (Å²) in [5, 5.41) is 4.12. The molecule has 0 N–H and O–H groups in total. The van der Waals surface area contributed by atoms with Crippen LogP contribution in [0.15, 0.2) is 47.0 Å². The summed E-state index contributed by atoms with van der Waals surface area (Å²) < 4.78 is 16.6. The molecule has 0 spiro atoms. The number of ether oxygens (including phenoxy) is 2. The molecule has 1 aliphatic heterocycles. The highest BCUT2D eigenvalue weighted by Crippen LogP contribution is 2.34. The summed E-state index contributed by atoms with van der Waals surface area (Å²) in [4.78, 5) is 18.9. The molecule has 30 heavy (non-hydrogen) atoms. The van der Waals surface area contributed by atoms with E-state index in [1.807, 2.05) is 49.4 Å². The average molecular weight is 407 g/mol. The highest BCUT2D eigenvalue weighted by Gasteiger charge is 2.35. The first-order chi connectivity index (χ1) is 14.6. The zero-order valence-corrected chi connectivity index (χ0v) is 17.4. The standard InChI is InChI=1S/C23H25N3O4/c1-4-10-29-19-9-8-16(12-20(19)28-3)22-24-23(30-25-22)17-13-21(27)26(14-17)18-7-5-6-15(2)11-18/h5-9,11-12,17H,4,10,13-14H2,1-3H3. The van der Waals surface area contributed by atoms with Gasteiger partial charge in [-0.15, -0.1) is 0 Å². The van der Waals surface area contributed by atoms with Gasteiger partial charge in [-0.2, -0.15) is 4.98 Å². The molecule has 156 valence electrons. The second-order valence-corrected chi connectivity index (χ2v) is 7.41. The Hall–Kier alpha value is -3.35. The lowest BCUT2D eigenvalue weighted by Gasteiger charge is -2.16. The summed E-state index contributed by atoms with van der Waals surface area (Å²) in [5.74, 6) is 2.17. The van der Waals surface area contributed by atoms with Crippen LogP contribution in [0.5, 0.6) is 11.5 Å². The summed E-state index contributed by atoms with van der Waals surface area (Å²) in [6.07, 6.45) is 1.27. The molecule has 1 fully saturated rings. The van der Waals surface area contributed by atoms with Crippen LogP contribution in [0.25, 0.3) is 11.4 Å². The van der Waals surface area contributed by atoms with E-state index in [-0.39, 0.29) is 11.8 Å². The molecule has 4 rings (SSSR count). The average Bonchev–Trinajstić information content (AvgIpc) is 3.39. The third kappa shape index (κ3) is 4.01. The number of amides is 1. The number of carbonyl (C=O) groups is 1. The number of benzene rings is 2. The van der Waals surface area contributed by atoms with Crippen LogP contribution in [-0.4, -0.2) is 36.3 Å². The van der Waals surface area contributed by atoms with E-state index < -0.39 is 0 Å². The number of nitrogens with zero attached hydrogens (tertiary/aromatic N) is 3. The Morgan fingerprint density at radius 2 is 2.07 bits per heavy atom. The summed E-state index contributed by atoms with van der Waals surface area (Å²) in [6.45, 7) is 5.21.